The molecular formula is C18H24Cl2N4. The van der Waals surface area contributed by atoms with Crippen molar-refractivity contribution in [1.29, 1.82) is 0 Å². The number of benzene rings is 1. The van der Waals surface area contributed by atoms with Crippen LogP contribution in [0.3, 0.4) is 0 Å². The van der Waals surface area contributed by atoms with Gasteiger partial charge in [-0.25, -0.2) is 0 Å². The standard InChI is InChI=1S/C18H23ClN4.ClH/c19-17-4-3-14(18-16(17)2-1-6-21-18)12-22-9-5-15(13-22)23-10-7-20-8-11-23;/h1-4,6,15,20H,5,7-13H2;1H. The summed E-state index contributed by atoms with van der Waals surface area (Å²) in [6.45, 7) is 7.92. The number of rotatable bonds is 3. The van der Waals surface area contributed by atoms with Crippen molar-refractivity contribution in [2.45, 2.75) is 19.0 Å². The van der Waals surface area contributed by atoms with Gasteiger partial charge in [-0.3, -0.25) is 14.8 Å². The van der Waals surface area contributed by atoms with Crippen LogP contribution in [0.25, 0.3) is 10.9 Å². The molecule has 2 saturated heterocycles. The molecule has 2 fully saturated rings. The van der Waals surface area contributed by atoms with Crippen LogP contribution in [0, 0.1) is 0 Å². The van der Waals surface area contributed by atoms with Gasteiger partial charge in [-0.1, -0.05) is 17.7 Å². The van der Waals surface area contributed by atoms with Crippen molar-refractivity contribution in [3.8, 4) is 0 Å². The smallest absolute Gasteiger partial charge is 0.0761 e. The number of halogens is 2. The van der Waals surface area contributed by atoms with E-state index in [-0.39, 0.29) is 12.4 Å². The first kappa shape index (κ1) is 17.9. The van der Waals surface area contributed by atoms with E-state index in [2.05, 4.69) is 32.2 Å². The molecule has 2 aliphatic rings. The molecule has 1 unspecified atom stereocenters. The average molecular weight is 367 g/mol. The minimum absolute atomic E-state index is 0. The zero-order valence-electron chi connectivity index (χ0n) is 13.7. The molecule has 0 amide bonds. The first-order valence-corrected chi connectivity index (χ1v) is 8.88. The van der Waals surface area contributed by atoms with Gasteiger partial charge >= 0.3 is 0 Å². The van der Waals surface area contributed by atoms with Crippen molar-refractivity contribution in [1.82, 2.24) is 20.1 Å². The van der Waals surface area contributed by atoms with Gasteiger partial charge in [-0.05, 0) is 30.2 Å². The Balaban J connectivity index is 0.00000169. The number of likely N-dealkylation sites (tertiary alicyclic amines) is 1. The molecule has 4 rings (SSSR count). The highest BCUT2D eigenvalue weighted by Crippen LogP contribution is 2.27. The largest absolute Gasteiger partial charge is 0.314 e. The average Bonchev–Trinajstić information content (AvgIpc) is 3.07. The summed E-state index contributed by atoms with van der Waals surface area (Å²) >= 11 is 6.30. The van der Waals surface area contributed by atoms with E-state index in [1.807, 2.05) is 18.3 Å². The van der Waals surface area contributed by atoms with Gasteiger partial charge in [0, 0.05) is 68.5 Å². The van der Waals surface area contributed by atoms with Gasteiger partial charge in [0.2, 0.25) is 0 Å². The number of nitrogens with zero attached hydrogens (tertiary/aromatic N) is 3. The fraction of sp³-hybridized carbons (Fsp3) is 0.500. The molecule has 4 nitrogen and oxygen atoms in total. The van der Waals surface area contributed by atoms with E-state index in [1.54, 1.807) is 0 Å². The molecule has 0 aliphatic carbocycles. The van der Waals surface area contributed by atoms with Crippen molar-refractivity contribution in [3.63, 3.8) is 0 Å². The summed E-state index contributed by atoms with van der Waals surface area (Å²) in [6.07, 6.45) is 3.13. The second-order valence-corrected chi connectivity index (χ2v) is 6.98. The molecule has 130 valence electrons. The summed E-state index contributed by atoms with van der Waals surface area (Å²) in [5.41, 5.74) is 2.33. The van der Waals surface area contributed by atoms with Crippen LogP contribution < -0.4 is 5.32 Å². The lowest BCUT2D eigenvalue weighted by molar-refractivity contribution is 0.170. The SMILES string of the molecule is Cl.Clc1ccc(CN2CCC(N3CCNCC3)C2)c2ncccc12. The molecule has 2 aliphatic heterocycles. The third-order valence-corrected chi connectivity index (χ3v) is 5.44. The van der Waals surface area contributed by atoms with Crippen molar-refractivity contribution >= 4 is 34.9 Å². The number of aromatic nitrogens is 1. The third kappa shape index (κ3) is 3.68. The number of pyridine rings is 1. The van der Waals surface area contributed by atoms with Crippen LogP contribution in [0.2, 0.25) is 5.02 Å². The summed E-state index contributed by atoms with van der Waals surface area (Å²) in [5, 5.41) is 5.29. The zero-order chi connectivity index (χ0) is 15.6. The number of fused-ring (bicyclic) bond motifs is 1. The third-order valence-electron chi connectivity index (χ3n) is 5.11. The van der Waals surface area contributed by atoms with Crippen LogP contribution in [-0.4, -0.2) is 60.1 Å². The quantitative estimate of drug-likeness (QED) is 0.904. The Morgan fingerprint density at radius 3 is 2.83 bits per heavy atom. The maximum Gasteiger partial charge on any atom is 0.0761 e. The van der Waals surface area contributed by atoms with E-state index < -0.39 is 0 Å². The lowest BCUT2D eigenvalue weighted by Crippen LogP contribution is -2.49. The fourth-order valence-electron chi connectivity index (χ4n) is 3.87. The second kappa shape index (κ2) is 7.98. The Morgan fingerprint density at radius 2 is 2.00 bits per heavy atom. The van der Waals surface area contributed by atoms with Crippen LogP contribution in [0.15, 0.2) is 30.5 Å². The highest BCUT2D eigenvalue weighted by Gasteiger charge is 2.28. The Morgan fingerprint density at radius 1 is 1.17 bits per heavy atom. The molecule has 2 aromatic rings. The van der Waals surface area contributed by atoms with Crippen LogP contribution in [0.1, 0.15) is 12.0 Å². The normalized spacial score (nSPS) is 22.6. The topological polar surface area (TPSA) is 31.4 Å². The van der Waals surface area contributed by atoms with E-state index in [9.17, 15) is 0 Å². The molecule has 0 saturated carbocycles. The number of hydrogen-bond donors (Lipinski definition) is 1. The van der Waals surface area contributed by atoms with Gasteiger partial charge in [-0.2, -0.15) is 0 Å². The van der Waals surface area contributed by atoms with Gasteiger partial charge in [-0.15, -0.1) is 12.4 Å². The van der Waals surface area contributed by atoms with E-state index in [1.165, 1.54) is 31.6 Å². The van der Waals surface area contributed by atoms with Crippen LogP contribution in [0.5, 0.6) is 0 Å². The van der Waals surface area contributed by atoms with Gasteiger partial charge in [0.15, 0.2) is 0 Å². The monoisotopic (exact) mass is 366 g/mol. The van der Waals surface area contributed by atoms with Gasteiger partial charge in [0.1, 0.15) is 0 Å². The maximum absolute atomic E-state index is 6.30. The van der Waals surface area contributed by atoms with E-state index in [0.29, 0.717) is 6.04 Å². The molecule has 6 heteroatoms. The highest BCUT2D eigenvalue weighted by molar-refractivity contribution is 6.35. The van der Waals surface area contributed by atoms with Crippen molar-refractivity contribution in [3.05, 3.63) is 41.0 Å². The van der Waals surface area contributed by atoms with Crippen molar-refractivity contribution in [2.24, 2.45) is 0 Å². The van der Waals surface area contributed by atoms with Crippen LogP contribution in [0.4, 0.5) is 0 Å². The first-order valence-electron chi connectivity index (χ1n) is 8.50. The van der Waals surface area contributed by atoms with E-state index in [0.717, 1.165) is 42.1 Å². The number of nitrogens with one attached hydrogen (secondary N) is 1. The maximum atomic E-state index is 6.30. The van der Waals surface area contributed by atoms with E-state index >= 15 is 0 Å². The van der Waals surface area contributed by atoms with Crippen LogP contribution >= 0.6 is 24.0 Å². The van der Waals surface area contributed by atoms with Crippen molar-refractivity contribution < 1.29 is 0 Å². The first-order chi connectivity index (χ1) is 11.3. The number of piperazine rings is 1. The Hall–Kier alpha value is -0.910. The fourth-order valence-corrected chi connectivity index (χ4v) is 4.08. The summed E-state index contributed by atoms with van der Waals surface area (Å²) < 4.78 is 0. The van der Waals surface area contributed by atoms with Gasteiger partial charge in [0.25, 0.3) is 0 Å². The second-order valence-electron chi connectivity index (χ2n) is 6.57. The molecule has 24 heavy (non-hydrogen) atoms. The minimum Gasteiger partial charge on any atom is -0.314 e. The molecule has 1 N–H and O–H groups in total. The molecule has 3 heterocycles. The summed E-state index contributed by atoms with van der Waals surface area (Å²) in [5.74, 6) is 0. The lowest BCUT2D eigenvalue weighted by atomic mass is 10.1. The molecule has 1 aromatic carbocycles. The van der Waals surface area contributed by atoms with Gasteiger partial charge < -0.3 is 5.32 Å². The Kier molecular flexibility index (Phi) is 5.95. The summed E-state index contributed by atoms with van der Waals surface area (Å²) in [4.78, 5) is 9.77. The van der Waals surface area contributed by atoms with Gasteiger partial charge in [0.05, 0.1) is 5.52 Å². The van der Waals surface area contributed by atoms with Crippen LogP contribution in [-0.2, 0) is 6.54 Å². The molecule has 0 bridgehead atoms. The predicted octanol–water partition coefficient (Wildman–Crippen LogP) is 2.79. The summed E-state index contributed by atoms with van der Waals surface area (Å²) in [7, 11) is 0. The zero-order valence-corrected chi connectivity index (χ0v) is 15.3. The molecular weight excluding hydrogens is 343 g/mol. The summed E-state index contributed by atoms with van der Waals surface area (Å²) in [6, 6.07) is 8.86. The predicted molar refractivity (Wildman–Crippen MR) is 102 cm³/mol. The molecule has 0 radical (unpaired) electrons. The highest BCUT2D eigenvalue weighted by atomic mass is 35.5. The number of hydrogen-bond acceptors (Lipinski definition) is 4. The van der Waals surface area contributed by atoms with E-state index in [4.69, 9.17) is 11.6 Å². The molecule has 0 spiro atoms. The molecule has 1 atom stereocenters. The molecule has 1 aromatic heterocycles. The Labute approximate surface area is 154 Å². The minimum atomic E-state index is 0. The van der Waals surface area contributed by atoms with Crippen molar-refractivity contribution in [2.75, 3.05) is 39.3 Å². The lowest BCUT2D eigenvalue weighted by Gasteiger charge is -2.32. The Bertz CT molecular complexity index is 688.